The van der Waals surface area contributed by atoms with Crippen molar-refractivity contribution in [1.29, 1.82) is 0 Å². The molecule has 1 unspecified atom stereocenters. The van der Waals surface area contributed by atoms with E-state index in [1.807, 2.05) is 61.5 Å². The molecule has 0 saturated carbocycles. The molecule has 2 aromatic carbocycles. The molecule has 0 bridgehead atoms. The fourth-order valence-corrected chi connectivity index (χ4v) is 1.30. The van der Waals surface area contributed by atoms with Gasteiger partial charge in [0.2, 0.25) is 0 Å². The summed E-state index contributed by atoms with van der Waals surface area (Å²) in [6.45, 7) is 3.27. The number of rotatable bonds is 2. The molecule has 0 aliphatic heterocycles. The summed E-state index contributed by atoms with van der Waals surface area (Å²) in [4.78, 5) is 10.5. The number of carbonyl (C=O) groups is 1. The molecule has 0 N–H and O–H groups in total. The summed E-state index contributed by atoms with van der Waals surface area (Å²) in [5.74, 6) is -0.237. The van der Waals surface area contributed by atoms with Gasteiger partial charge in [-0.25, -0.2) is 24.3 Å². The maximum absolute atomic E-state index is 10.5. The predicted molar refractivity (Wildman–Crippen MR) is 64.3 cm³/mol. The molecule has 0 aliphatic rings. The Morgan fingerprint density at radius 1 is 1.18 bits per heavy atom. The molecule has 0 heterocycles. The van der Waals surface area contributed by atoms with Gasteiger partial charge in [-0.05, 0) is 6.92 Å². The second-order valence-corrected chi connectivity index (χ2v) is 3.43. The Balaban J connectivity index is 0.000000360. The Bertz CT molecular complexity index is 359. The Morgan fingerprint density at radius 3 is 2.06 bits per heavy atom. The number of hydrogen-bond donors (Lipinski definition) is 0. The molecule has 0 fully saturated rings. The molecule has 2 nitrogen and oxygen atoms in total. The maximum Gasteiger partial charge on any atom is 2.00 e. The smallest absolute Gasteiger partial charge is 0.471 e. The normalized spacial score (nSPS) is 10.5. The molecule has 1 atom stereocenters. The van der Waals surface area contributed by atoms with Crippen molar-refractivity contribution in [2.24, 2.45) is 0 Å². The molecule has 0 saturated heterocycles. The Labute approximate surface area is 115 Å². The van der Waals surface area contributed by atoms with Gasteiger partial charge in [-0.3, -0.25) is 4.79 Å². The van der Waals surface area contributed by atoms with Crippen molar-refractivity contribution in [1.82, 2.24) is 0 Å². The summed E-state index contributed by atoms with van der Waals surface area (Å²) in [6.07, 6.45) is -0.123. The van der Waals surface area contributed by atoms with E-state index in [0.717, 1.165) is 5.56 Å². The number of esters is 1. The van der Waals surface area contributed by atoms with Gasteiger partial charge in [0.05, 0.1) is 6.10 Å². The van der Waals surface area contributed by atoms with Gasteiger partial charge in [0.15, 0.2) is 0 Å². The van der Waals surface area contributed by atoms with E-state index in [-0.39, 0.29) is 31.6 Å². The molecular formula is C14H16O2Ru. The minimum atomic E-state index is -0.237. The van der Waals surface area contributed by atoms with Crippen LogP contribution in [0.3, 0.4) is 0 Å². The molecule has 0 aromatic heterocycles. The van der Waals surface area contributed by atoms with Gasteiger partial charge in [0.25, 0.3) is 0 Å². The number of ether oxygens (including phenoxy) is 1. The standard InChI is InChI=1S/C9H11O2.C5H5.Ru/c1-7(11-8(2)10)9-5-3-4-6-9;1-2-4-5-3-1;/h3-7H,1-2H3;1-5H;/q2*-1;+2. The van der Waals surface area contributed by atoms with E-state index in [2.05, 4.69) is 0 Å². The van der Waals surface area contributed by atoms with E-state index in [1.165, 1.54) is 6.92 Å². The van der Waals surface area contributed by atoms with Gasteiger partial charge >= 0.3 is 25.4 Å². The third-order valence-corrected chi connectivity index (χ3v) is 2.06. The largest absolute Gasteiger partial charge is 2.00 e. The number of carbonyl (C=O) groups excluding carboxylic acids is 1. The topological polar surface area (TPSA) is 26.3 Å². The second-order valence-electron chi connectivity index (χ2n) is 3.43. The van der Waals surface area contributed by atoms with Gasteiger partial charge in [-0.15, -0.1) is 5.56 Å². The van der Waals surface area contributed by atoms with Gasteiger partial charge < -0.3 is 4.74 Å². The first-order valence-electron chi connectivity index (χ1n) is 5.25. The van der Waals surface area contributed by atoms with Crippen LogP contribution in [0.4, 0.5) is 0 Å². The van der Waals surface area contributed by atoms with Crippen molar-refractivity contribution < 1.29 is 29.0 Å². The molecule has 92 valence electrons. The summed E-state index contributed by atoms with van der Waals surface area (Å²) in [5, 5.41) is 0. The first-order chi connectivity index (χ1) is 7.70. The van der Waals surface area contributed by atoms with Crippen molar-refractivity contribution in [3.8, 4) is 0 Å². The van der Waals surface area contributed by atoms with Crippen molar-refractivity contribution in [3.05, 3.63) is 60.2 Å². The van der Waals surface area contributed by atoms with Gasteiger partial charge in [0, 0.05) is 6.92 Å². The van der Waals surface area contributed by atoms with Gasteiger partial charge in [-0.1, -0.05) is 0 Å². The van der Waals surface area contributed by atoms with Crippen LogP contribution < -0.4 is 0 Å². The summed E-state index contributed by atoms with van der Waals surface area (Å²) in [6, 6.07) is 17.7. The van der Waals surface area contributed by atoms with E-state index >= 15 is 0 Å². The zero-order valence-corrected chi connectivity index (χ0v) is 11.7. The first kappa shape index (κ1) is 15.8. The predicted octanol–water partition coefficient (Wildman–Crippen LogP) is 3.43. The molecule has 0 aliphatic carbocycles. The van der Waals surface area contributed by atoms with Crippen LogP contribution in [-0.2, 0) is 29.0 Å². The summed E-state index contributed by atoms with van der Waals surface area (Å²) >= 11 is 0. The van der Waals surface area contributed by atoms with Gasteiger partial charge in [0.1, 0.15) is 0 Å². The van der Waals surface area contributed by atoms with E-state index in [1.54, 1.807) is 0 Å². The quantitative estimate of drug-likeness (QED) is 0.482. The average molecular weight is 317 g/mol. The minimum Gasteiger partial charge on any atom is -0.471 e. The molecule has 0 radical (unpaired) electrons. The van der Waals surface area contributed by atoms with Crippen LogP contribution in [0.15, 0.2) is 54.6 Å². The van der Waals surface area contributed by atoms with E-state index in [0.29, 0.717) is 0 Å². The van der Waals surface area contributed by atoms with Gasteiger partial charge in [-0.2, -0.15) is 30.3 Å². The first-order valence-corrected chi connectivity index (χ1v) is 5.25. The van der Waals surface area contributed by atoms with Crippen molar-refractivity contribution in [2.75, 3.05) is 0 Å². The van der Waals surface area contributed by atoms with Crippen LogP contribution in [0, 0.1) is 0 Å². The Kier molecular flexibility index (Phi) is 8.26. The molecule has 2 aromatic rings. The summed E-state index contributed by atoms with van der Waals surface area (Å²) in [5.41, 5.74) is 1.04. The maximum atomic E-state index is 10.5. The average Bonchev–Trinajstić information content (AvgIpc) is 2.94. The number of hydrogen-bond acceptors (Lipinski definition) is 2. The van der Waals surface area contributed by atoms with Crippen LogP contribution >= 0.6 is 0 Å². The van der Waals surface area contributed by atoms with E-state index in [4.69, 9.17) is 4.74 Å². The molecule has 0 spiro atoms. The van der Waals surface area contributed by atoms with Crippen LogP contribution in [0.1, 0.15) is 25.5 Å². The van der Waals surface area contributed by atoms with E-state index in [9.17, 15) is 4.79 Å². The van der Waals surface area contributed by atoms with Crippen LogP contribution in [-0.4, -0.2) is 5.97 Å². The molecular weight excluding hydrogens is 301 g/mol. The van der Waals surface area contributed by atoms with Crippen LogP contribution in [0.25, 0.3) is 0 Å². The van der Waals surface area contributed by atoms with Crippen molar-refractivity contribution in [2.45, 2.75) is 20.0 Å². The minimum absolute atomic E-state index is 0. The monoisotopic (exact) mass is 318 g/mol. The van der Waals surface area contributed by atoms with Crippen LogP contribution in [0.2, 0.25) is 0 Å². The van der Waals surface area contributed by atoms with E-state index < -0.39 is 0 Å². The summed E-state index contributed by atoms with van der Waals surface area (Å²) in [7, 11) is 0. The van der Waals surface area contributed by atoms with Crippen molar-refractivity contribution >= 4 is 5.97 Å². The van der Waals surface area contributed by atoms with Crippen LogP contribution in [0.5, 0.6) is 0 Å². The van der Waals surface area contributed by atoms with Crippen molar-refractivity contribution in [3.63, 3.8) is 0 Å². The Morgan fingerprint density at radius 2 is 1.71 bits per heavy atom. The SMILES string of the molecule is CC(=O)OC(C)[c-]1cccc1.[Ru+2].c1cc[cH-]c1. The fraction of sp³-hybridized carbons (Fsp3) is 0.214. The molecule has 0 amide bonds. The molecule has 3 heteroatoms. The third-order valence-electron chi connectivity index (χ3n) is 2.06. The second kappa shape index (κ2) is 8.89. The fourth-order valence-electron chi connectivity index (χ4n) is 1.30. The third kappa shape index (κ3) is 6.86. The molecule has 17 heavy (non-hydrogen) atoms. The summed E-state index contributed by atoms with van der Waals surface area (Å²) < 4.78 is 4.96. The molecule has 2 rings (SSSR count). The zero-order valence-electron chi connectivity index (χ0n) is 9.94. The zero-order chi connectivity index (χ0) is 11.8. The Hall–Kier alpha value is -1.21.